The fourth-order valence-corrected chi connectivity index (χ4v) is 3.98. The van der Waals surface area contributed by atoms with E-state index in [4.69, 9.17) is 15.2 Å². The van der Waals surface area contributed by atoms with Crippen LogP contribution in [0, 0.1) is 0 Å². The number of benzene rings is 1. The van der Waals surface area contributed by atoms with E-state index in [2.05, 4.69) is 25.1 Å². The van der Waals surface area contributed by atoms with E-state index in [9.17, 15) is 0 Å². The molecule has 3 unspecified atom stereocenters. The summed E-state index contributed by atoms with van der Waals surface area (Å²) >= 11 is 0. The van der Waals surface area contributed by atoms with Crippen LogP contribution in [-0.2, 0) is 22.3 Å². The molecule has 0 bridgehead atoms. The lowest BCUT2D eigenvalue weighted by molar-refractivity contribution is -0.000303. The van der Waals surface area contributed by atoms with Gasteiger partial charge in [0.25, 0.3) is 0 Å². The zero-order valence-electron chi connectivity index (χ0n) is 14.4. The number of rotatable bonds is 7. The van der Waals surface area contributed by atoms with Gasteiger partial charge in [-0.25, -0.2) is 0 Å². The maximum Gasteiger partial charge on any atom is 0.0704 e. The zero-order valence-corrected chi connectivity index (χ0v) is 14.4. The fraction of sp³-hybridized carbons (Fsp3) is 0.700. The Labute approximate surface area is 140 Å². The normalized spacial score (nSPS) is 27.1. The first kappa shape index (κ1) is 16.9. The third-order valence-corrected chi connectivity index (χ3v) is 5.29. The van der Waals surface area contributed by atoms with Crippen LogP contribution in [0.3, 0.4) is 0 Å². The second-order valence-corrected chi connectivity index (χ2v) is 7.15. The molecule has 1 aromatic carbocycles. The second kappa shape index (κ2) is 8.27. The van der Waals surface area contributed by atoms with E-state index >= 15 is 0 Å². The summed E-state index contributed by atoms with van der Waals surface area (Å²) in [5.41, 5.74) is 10.6. The molecule has 2 N–H and O–H groups in total. The Morgan fingerprint density at radius 3 is 2.78 bits per heavy atom. The van der Waals surface area contributed by atoms with E-state index in [1.165, 1.54) is 29.5 Å². The first-order chi connectivity index (χ1) is 11.3. The first-order valence-electron chi connectivity index (χ1n) is 9.33. The van der Waals surface area contributed by atoms with Crippen molar-refractivity contribution >= 4 is 0 Å². The molecule has 0 amide bonds. The zero-order chi connectivity index (χ0) is 16.1. The molecule has 3 rings (SSSR count). The molecule has 2 aliphatic carbocycles. The van der Waals surface area contributed by atoms with Crippen molar-refractivity contribution in [1.82, 2.24) is 0 Å². The maximum atomic E-state index is 6.07. The SMILES string of the molecule is CCCOCCOC1CCc2cc(C3CCC(N)C3)ccc2C1. The molecule has 0 saturated heterocycles. The minimum absolute atomic E-state index is 0.360. The van der Waals surface area contributed by atoms with Crippen molar-refractivity contribution in [3.63, 3.8) is 0 Å². The van der Waals surface area contributed by atoms with Crippen molar-refractivity contribution in [1.29, 1.82) is 0 Å². The van der Waals surface area contributed by atoms with Gasteiger partial charge in [-0.15, -0.1) is 0 Å². The van der Waals surface area contributed by atoms with Crippen LogP contribution in [0.15, 0.2) is 18.2 Å². The monoisotopic (exact) mass is 317 g/mol. The molecular weight excluding hydrogens is 286 g/mol. The molecule has 23 heavy (non-hydrogen) atoms. The van der Waals surface area contributed by atoms with Gasteiger partial charge in [0, 0.05) is 12.6 Å². The summed E-state index contributed by atoms with van der Waals surface area (Å²) in [5, 5.41) is 0. The highest BCUT2D eigenvalue weighted by Gasteiger charge is 2.25. The summed E-state index contributed by atoms with van der Waals surface area (Å²) in [6, 6.07) is 7.51. The van der Waals surface area contributed by atoms with Gasteiger partial charge in [-0.2, -0.15) is 0 Å². The van der Waals surface area contributed by atoms with E-state index < -0.39 is 0 Å². The Kier molecular flexibility index (Phi) is 6.09. The lowest BCUT2D eigenvalue weighted by atomic mass is 9.86. The third-order valence-electron chi connectivity index (χ3n) is 5.29. The average Bonchev–Trinajstić information content (AvgIpc) is 3.00. The number of hydrogen-bond acceptors (Lipinski definition) is 3. The van der Waals surface area contributed by atoms with Crippen LogP contribution >= 0.6 is 0 Å². The molecule has 0 radical (unpaired) electrons. The minimum atomic E-state index is 0.360. The van der Waals surface area contributed by atoms with Crippen LogP contribution in [0.5, 0.6) is 0 Å². The van der Waals surface area contributed by atoms with Crippen molar-refractivity contribution in [3.8, 4) is 0 Å². The van der Waals surface area contributed by atoms with Crippen LogP contribution in [0.2, 0.25) is 0 Å². The number of nitrogens with two attached hydrogens (primary N) is 1. The largest absolute Gasteiger partial charge is 0.379 e. The molecule has 1 aromatic rings. The van der Waals surface area contributed by atoms with Gasteiger partial charge in [-0.1, -0.05) is 25.1 Å². The Morgan fingerprint density at radius 1 is 1.09 bits per heavy atom. The van der Waals surface area contributed by atoms with E-state index in [1.807, 2.05) is 0 Å². The van der Waals surface area contributed by atoms with Crippen LogP contribution in [0.25, 0.3) is 0 Å². The average molecular weight is 317 g/mol. The first-order valence-corrected chi connectivity index (χ1v) is 9.33. The van der Waals surface area contributed by atoms with Crippen molar-refractivity contribution in [3.05, 3.63) is 34.9 Å². The lowest BCUT2D eigenvalue weighted by Crippen LogP contribution is -2.24. The van der Waals surface area contributed by atoms with Gasteiger partial charge in [-0.05, 0) is 67.6 Å². The van der Waals surface area contributed by atoms with Gasteiger partial charge in [0.1, 0.15) is 0 Å². The Balaban J connectivity index is 1.51. The third kappa shape index (κ3) is 4.56. The summed E-state index contributed by atoms with van der Waals surface area (Å²) in [4.78, 5) is 0. The quantitative estimate of drug-likeness (QED) is 0.782. The van der Waals surface area contributed by atoms with Crippen LogP contribution in [-0.4, -0.2) is 32.0 Å². The topological polar surface area (TPSA) is 44.5 Å². The summed E-state index contributed by atoms with van der Waals surface area (Å²) < 4.78 is 11.5. The molecule has 0 spiro atoms. The molecule has 3 heteroatoms. The highest BCUT2D eigenvalue weighted by Crippen LogP contribution is 2.35. The van der Waals surface area contributed by atoms with Gasteiger partial charge < -0.3 is 15.2 Å². The summed E-state index contributed by atoms with van der Waals surface area (Å²) in [7, 11) is 0. The number of fused-ring (bicyclic) bond motifs is 1. The smallest absolute Gasteiger partial charge is 0.0704 e. The Morgan fingerprint density at radius 2 is 2.00 bits per heavy atom. The van der Waals surface area contributed by atoms with Crippen molar-refractivity contribution in [2.24, 2.45) is 5.73 Å². The fourth-order valence-electron chi connectivity index (χ4n) is 3.98. The Bertz CT molecular complexity index is 502. The number of ether oxygens (including phenoxy) is 2. The van der Waals surface area contributed by atoms with Gasteiger partial charge in [0.15, 0.2) is 0 Å². The number of aryl methyl sites for hydroxylation is 1. The van der Waals surface area contributed by atoms with Gasteiger partial charge in [-0.3, -0.25) is 0 Å². The summed E-state index contributed by atoms with van der Waals surface area (Å²) in [6.07, 6.45) is 8.34. The summed E-state index contributed by atoms with van der Waals surface area (Å²) in [6.45, 7) is 4.41. The molecule has 128 valence electrons. The minimum Gasteiger partial charge on any atom is -0.379 e. The van der Waals surface area contributed by atoms with Gasteiger partial charge in [0.05, 0.1) is 19.3 Å². The molecule has 1 fully saturated rings. The van der Waals surface area contributed by atoms with E-state index in [0.717, 1.165) is 51.9 Å². The van der Waals surface area contributed by atoms with E-state index in [0.29, 0.717) is 18.1 Å². The molecule has 1 saturated carbocycles. The Hall–Kier alpha value is -0.900. The van der Waals surface area contributed by atoms with Gasteiger partial charge in [0.2, 0.25) is 0 Å². The maximum absolute atomic E-state index is 6.07. The van der Waals surface area contributed by atoms with E-state index in [-0.39, 0.29) is 0 Å². The van der Waals surface area contributed by atoms with E-state index in [1.54, 1.807) is 0 Å². The predicted molar refractivity (Wildman–Crippen MR) is 93.9 cm³/mol. The second-order valence-electron chi connectivity index (χ2n) is 7.15. The summed E-state index contributed by atoms with van der Waals surface area (Å²) in [5.74, 6) is 0.681. The predicted octanol–water partition coefficient (Wildman–Crippen LogP) is 3.58. The molecule has 3 atom stereocenters. The molecule has 3 nitrogen and oxygen atoms in total. The van der Waals surface area contributed by atoms with Crippen LogP contribution < -0.4 is 5.73 Å². The van der Waals surface area contributed by atoms with Gasteiger partial charge >= 0.3 is 0 Å². The molecule has 2 aliphatic rings. The molecule has 0 heterocycles. The lowest BCUT2D eigenvalue weighted by Gasteiger charge is -2.26. The van der Waals surface area contributed by atoms with Crippen LogP contribution in [0.1, 0.15) is 61.6 Å². The molecule has 0 aliphatic heterocycles. The van der Waals surface area contributed by atoms with Crippen molar-refractivity contribution < 1.29 is 9.47 Å². The highest BCUT2D eigenvalue weighted by molar-refractivity contribution is 5.36. The molecule has 0 aromatic heterocycles. The van der Waals surface area contributed by atoms with Crippen molar-refractivity contribution in [2.45, 2.75) is 69.9 Å². The van der Waals surface area contributed by atoms with Crippen LogP contribution in [0.4, 0.5) is 0 Å². The highest BCUT2D eigenvalue weighted by atomic mass is 16.5. The number of hydrogen-bond donors (Lipinski definition) is 1. The van der Waals surface area contributed by atoms with Crippen molar-refractivity contribution in [2.75, 3.05) is 19.8 Å². The molecular formula is C20H31NO2. The standard InChI is InChI=1S/C20H31NO2/c1-2-9-22-10-11-23-20-8-6-16-12-15(3-4-18(16)14-20)17-5-7-19(21)13-17/h3-4,12,17,19-20H,2,5-11,13-14,21H2,1H3.